The van der Waals surface area contributed by atoms with E-state index in [1.54, 1.807) is 19.3 Å². The van der Waals surface area contributed by atoms with Crippen LogP contribution in [0.2, 0.25) is 5.15 Å². The molecule has 2 aromatic heterocycles. The number of aliphatic imine (C=N–C) groups is 1. The number of aromatic nitrogens is 2. The topological polar surface area (TPSA) is 75.3 Å². The summed E-state index contributed by atoms with van der Waals surface area (Å²) < 4.78 is 5.29. The van der Waals surface area contributed by atoms with Crippen molar-refractivity contribution in [1.29, 1.82) is 0 Å². The fraction of sp³-hybridized carbons (Fsp3) is 0.438. The molecule has 124 valence electrons. The average molecular weight is 336 g/mol. The van der Waals surface area contributed by atoms with Crippen LogP contribution in [0, 0.1) is 0 Å². The zero-order chi connectivity index (χ0) is 16.7. The molecule has 7 heteroatoms. The minimum absolute atomic E-state index is 0.359. The van der Waals surface area contributed by atoms with E-state index in [4.69, 9.17) is 16.1 Å². The van der Waals surface area contributed by atoms with Crippen LogP contribution in [0.5, 0.6) is 0 Å². The molecule has 0 spiro atoms. The Bertz CT molecular complexity index is 636. The molecule has 0 aliphatic rings. The van der Waals surface area contributed by atoms with Gasteiger partial charge in [-0.25, -0.2) is 4.98 Å². The number of pyridine rings is 1. The van der Waals surface area contributed by atoms with Gasteiger partial charge in [0, 0.05) is 25.9 Å². The fourth-order valence-corrected chi connectivity index (χ4v) is 2.07. The summed E-state index contributed by atoms with van der Waals surface area (Å²) in [6.45, 7) is 5.46. The van der Waals surface area contributed by atoms with Crippen molar-refractivity contribution < 1.29 is 4.52 Å². The number of nitrogens with zero attached hydrogens (tertiary/aromatic N) is 3. The second kappa shape index (κ2) is 8.53. The summed E-state index contributed by atoms with van der Waals surface area (Å²) in [7, 11) is 1.74. The number of rotatable bonds is 6. The Kier molecular flexibility index (Phi) is 6.40. The standard InChI is InChI=1S/C16H22ClN5O/c1-11(2)14-8-13(23-22-14)10-21-16(18-3)19-7-6-12-4-5-15(17)20-9-12/h4-5,8-9,11H,6-7,10H2,1-3H3,(H2,18,19,21). The monoisotopic (exact) mass is 335 g/mol. The van der Waals surface area contributed by atoms with Crippen molar-refractivity contribution in [2.24, 2.45) is 4.99 Å². The van der Waals surface area contributed by atoms with Gasteiger partial charge < -0.3 is 15.2 Å². The maximum atomic E-state index is 5.77. The van der Waals surface area contributed by atoms with Gasteiger partial charge in [0.1, 0.15) is 5.15 Å². The first-order valence-corrected chi connectivity index (χ1v) is 7.96. The molecule has 0 aromatic carbocycles. The van der Waals surface area contributed by atoms with E-state index in [1.807, 2.05) is 12.1 Å². The van der Waals surface area contributed by atoms with Gasteiger partial charge in [0.25, 0.3) is 0 Å². The van der Waals surface area contributed by atoms with Crippen LogP contribution in [0.1, 0.15) is 36.8 Å². The molecule has 23 heavy (non-hydrogen) atoms. The van der Waals surface area contributed by atoms with Crippen molar-refractivity contribution in [3.8, 4) is 0 Å². The molecular formula is C16H22ClN5O. The zero-order valence-electron chi connectivity index (χ0n) is 13.6. The third-order valence-corrected chi connectivity index (χ3v) is 3.54. The summed E-state index contributed by atoms with van der Waals surface area (Å²) in [6, 6.07) is 5.72. The largest absolute Gasteiger partial charge is 0.359 e. The van der Waals surface area contributed by atoms with Crippen molar-refractivity contribution in [1.82, 2.24) is 20.8 Å². The lowest BCUT2D eigenvalue weighted by molar-refractivity contribution is 0.372. The summed E-state index contributed by atoms with van der Waals surface area (Å²) >= 11 is 5.77. The van der Waals surface area contributed by atoms with E-state index >= 15 is 0 Å². The molecule has 0 amide bonds. The van der Waals surface area contributed by atoms with Gasteiger partial charge in [-0.3, -0.25) is 4.99 Å². The lowest BCUT2D eigenvalue weighted by Crippen LogP contribution is -2.37. The quantitative estimate of drug-likeness (QED) is 0.482. The Morgan fingerprint density at radius 2 is 2.17 bits per heavy atom. The van der Waals surface area contributed by atoms with E-state index in [0.29, 0.717) is 17.6 Å². The second-order valence-corrected chi connectivity index (χ2v) is 5.85. The van der Waals surface area contributed by atoms with Crippen molar-refractivity contribution in [2.45, 2.75) is 32.7 Å². The molecule has 0 saturated heterocycles. The molecule has 0 unspecified atom stereocenters. The van der Waals surface area contributed by atoms with Gasteiger partial charge in [-0.2, -0.15) is 0 Å². The Labute approximate surface area is 141 Å². The third-order valence-electron chi connectivity index (χ3n) is 3.32. The lowest BCUT2D eigenvalue weighted by atomic mass is 10.1. The molecule has 2 N–H and O–H groups in total. The molecule has 0 saturated carbocycles. The summed E-state index contributed by atoms with van der Waals surface area (Å²) in [6.07, 6.45) is 2.62. The van der Waals surface area contributed by atoms with Crippen LogP contribution in [0.25, 0.3) is 0 Å². The Hall–Kier alpha value is -2.08. The maximum absolute atomic E-state index is 5.77. The van der Waals surface area contributed by atoms with Crippen molar-refractivity contribution in [2.75, 3.05) is 13.6 Å². The predicted octanol–water partition coefficient (Wildman–Crippen LogP) is 2.75. The molecular weight excluding hydrogens is 314 g/mol. The normalized spacial score (nSPS) is 11.8. The Balaban J connectivity index is 1.75. The summed E-state index contributed by atoms with van der Waals surface area (Å²) in [5.41, 5.74) is 2.08. The second-order valence-electron chi connectivity index (χ2n) is 5.46. The van der Waals surface area contributed by atoms with Gasteiger partial charge >= 0.3 is 0 Å². The average Bonchev–Trinajstić information content (AvgIpc) is 3.01. The molecule has 0 radical (unpaired) electrons. The summed E-state index contributed by atoms with van der Waals surface area (Å²) in [5, 5.41) is 11.0. The van der Waals surface area contributed by atoms with Gasteiger partial charge in [0.15, 0.2) is 11.7 Å². The summed E-state index contributed by atoms with van der Waals surface area (Å²) in [5.74, 6) is 1.87. The molecule has 0 aliphatic heterocycles. The molecule has 2 heterocycles. The highest BCUT2D eigenvalue weighted by molar-refractivity contribution is 6.29. The first kappa shape index (κ1) is 17.3. The van der Waals surface area contributed by atoms with Crippen molar-refractivity contribution >= 4 is 17.6 Å². The van der Waals surface area contributed by atoms with Crippen LogP contribution < -0.4 is 10.6 Å². The molecule has 0 aliphatic carbocycles. The smallest absolute Gasteiger partial charge is 0.191 e. The van der Waals surface area contributed by atoms with E-state index in [-0.39, 0.29) is 0 Å². The summed E-state index contributed by atoms with van der Waals surface area (Å²) in [4.78, 5) is 8.25. The molecule has 2 rings (SSSR count). The van der Waals surface area contributed by atoms with Crippen LogP contribution >= 0.6 is 11.6 Å². The number of nitrogens with one attached hydrogen (secondary N) is 2. The van der Waals surface area contributed by atoms with Gasteiger partial charge in [-0.15, -0.1) is 0 Å². The highest BCUT2D eigenvalue weighted by Crippen LogP contribution is 2.13. The van der Waals surface area contributed by atoms with Crippen molar-refractivity contribution in [3.63, 3.8) is 0 Å². The lowest BCUT2D eigenvalue weighted by Gasteiger charge is -2.10. The van der Waals surface area contributed by atoms with E-state index in [2.05, 4.69) is 39.6 Å². The van der Waals surface area contributed by atoms with E-state index in [1.165, 1.54) is 0 Å². The van der Waals surface area contributed by atoms with Crippen LogP contribution in [0.4, 0.5) is 0 Å². The predicted molar refractivity (Wildman–Crippen MR) is 91.7 cm³/mol. The minimum atomic E-state index is 0.359. The third kappa shape index (κ3) is 5.56. The van der Waals surface area contributed by atoms with Crippen LogP contribution in [0.3, 0.4) is 0 Å². The number of hydrogen-bond acceptors (Lipinski definition) is 4. The van der Waals surface area contributed by atoms with E-state index < -0.39 is 0 Å². The molecule has 0 fully saturated rings. The van der Waals surface area contributed by atoms with Crippen LogP contribution in [0.15, 0.2) is 33.9 Å². The highest BCUT2D eigenvalue weighted by atomic mass is 35.5. The molecule has 6 nitrogen and oxygen atoms in total. The van der Waals surface area contributed by atoms with Gasteiger partial charge in [0.05, 0.1) is 12.2 Å². The molecule has 0 atom stereocenters. The number of guanidine groups is 1. The Morgan fingerprint density at radius 1 is 1.35 bits per heavy atom. The van der Waals surface area contributed by atoms with Crippen molar-refractivity contribution in [3.05, 3.63) is 46.6 Å². The number of hydrogen-bond donors (Lipinski definition) is 2. The van der Waals surface area contributed by atoms with Crippen LogP contribution in [-0.4, -0.2) is 29.7 Å². The molecule has 0 bridgehead atoms. The number of halogens is 1. The first-order chi connectivity index (χ1) is 11.1. The highest BCUT2D eigenvalue weighted by Gasteiger charge is 2.08. The van der Waals surface area contributed by atoms with Gasteiger partial charge in [0.2, 0.25) is 0 Å². The van der Waals surface area contributed by atoms with Crippen LogP contribution in [-0.2, 0) is 13.0 Å². The Morgan fingerprint density at radius 3 is 2.78 bits per heavy atom. The minimum Gasteiger partial charge on any atom is -0.359 e. The fourth-order valence-electron chi connectivity index (χ4n) is 1.96. The van der Waals surface area contributed by atoms with E-state index in [0.717, 1.165) is 35.9 Å². The van der Waals surface area contributed by atoms with Gasteiger partial charge in [-0.1, -0.05) is 36.7 Å². The van der Waals surface area contributed by atoms with Gasteiger partial charge in [-0.05, 0) is 24.0 Å². The zero-order valence-corrected chi connectivity index (χ0v) is 14.4. The molecule has 2 aromatic rings. The first-order valence-electron chi connectivity index (χ1n) is 7.59. The maximum Gasteiger partial charge on any atom is 0.191 e. The SMILES string of the molecule is CN=C(NCCc1ccc(Cl)nc1)NCc1cc(C(C)C)no1. The van der Waals surface area contributed by atoms with E-state index in [9.17, 15) is 0 Å².